The highest BCUT2D eigenvalue weighted by Gasteiger charge is 2.23. The Bertz CT molecular complexity index is 1160. The molecule has 0 aliphatic carbocycles. The summed E-state index contributed by atoms with van der Waals surface area (Å²) in [6.07, 6.45) is 0.949. The molecule has 1 atom stereocenters. The maximum Gasteiger partial charge on any atom is 0.282 e. The first-order valence-electron chi connectivity index (χ1n) is 9.06. The van der Waals surface area contributed by atoms with Crippen LogP contribution in [0.4, 0.5) is 14.6 Å². The molecular weight excluding hydrogens is 420 g/mol. The summed E-state index contributed by atoms with van der Waals surface area (Å²) in [4.78, 5) is 14.7. The van der Waals surface area contributed by atoms with Gasteiger partial charge in [0.25, 0.3) is 6.43 Å². The predicted molar refractivity (Wildman–Crippen MR) is 104 cm³/mol. The van der Waals surface area contributed by atoms with E-state index in [1.807, 2.05) is 4.90 Å². The van der Waals surface area contributed by atoms with Gasteiger partial charge < -0.3 is 9.64 Å². The minimum Gasteiger partial charge on any atom is -0.373 e. The fourth-order valence-corrected chi connectivity index (χ4v) is 3.62. The molecule has 0 bridgehead atoms. The number of hydrogen-bond donors (Lipinski definition) is 1. The summed E-state index contributed by atoms with van der Waals surface area (Å²) in [5.74, 6) is 0.604. The molecule has 0 unspecified atom stereocenters. The van der Waals surface area contributed by atoms with Crippen LogP contribution in [0.25, 0.3) is 17.0 Å². The predicted octanol–water partition coefficient (Wildman–Crippen LogP) is 0.878. The summed E-state index contributed by atoms with van der Waals surface area (Å²) in [7, 11) is -3.32. The molecule has 4 rings (SSSR count). The number of halogens is 2. The van der Waals surface area contributed by atoms with Crippen LogP contribution < -0.4 is 9.62 Å². The van der Waals surface area contributed by atoms with Gasteiger partial charge in [0, 0.05) is 25.7 Å². The number of anilines is 1. The maximum absolute atomic E-state index is 13.0. The molecule has 1 aliphatic rings. The molecule has 0 amide bonds. The van der Waals surface area contributed by atoms with Gasteiger partial charge in [-0.25, -0.2) is 41.4 Å². The van der Waals surface area contributed by atoms with Crippen LogP contribution in [-0.4, -0.2) is 71.6 Å². The van der Waals surface area contributed by atoms with Gasteiger partial charge in [0.1, 0.15) is 23.5 Å². The van der Waals surface area contributed by atoms with E-state index in [1.165, 1.54) is 29.2 Å². The van der Waals surface area contributed by atoms with Crippen molar-refractivity contribution in [2.45, 2.75) is 12.5 Å². The van der Waals surface area contributed by atoms with E-state index in [0.29, 0.717) is 42.5 Å². The molecule has 13 heteroatoms. The fourth-order valence-electron chi connectivity index (χ4n) is 3.13. The van der Waals surface area contributed by atoms with Gasteiger partial charge in [0.05, 0.1) is 30.9 Å². The quantitative estimate of drug-likeness (QED) is 0.602. The maximum atomic E-state index is 13.0. The second kappa shape index (κ2) is 8.16. The SMILES string of the molecule is CS(=O)(=O)NC[C@@H]1CN(c2cc(-c3cnc4ccc(C(F)F)nn34)ncn2)CCO1. The van der Waals surface area contributed by atoms with E-state index in [0.717, 1.165) is 6.26 Å². The number of imidazole rings is 1. The third-order valence-corrected chi connectivity index (χ3v) is 5.25. The van der Waals surface area contributed by atoms with Crippen molar-refractivity contribution in [2.24, 2.45) is 0 Å². The second-order valence-electron chi connectivity index (χ2n) is 6.79. The van der Waals surface area contributed by atoms with Gasteiger partial charge in [0.15, 0.2) is 5.65 Å². The van der Waals surface area contributed by atoms with Gasteiger partial charge in [0.2, 0.25) is 10.0 Å². The third-order valence-electron chi connectivity index (χ3n) is 4.56. The van der Waals surface area contributed by atoms with Crippen molar-refractivity contribution in [1.29, 1.82) is 0 Å². The average Bonchev–Trinajstić information content (AvgIpc) is 3.15. The first-order valence-corrected chi connectivity index (χ1v) is 11.0. The van der Waals surface area contributed by atoms with Crippen molar-refractivity contribution in [3.63, 3.8) is 0 Å². The second-order valence-corrected chi connectivity index (χ2v) is 8.63. The number of morpholine rings is 1. The number of nitrogens with one attached hydrogen (secondary N) is 1. The molecule has 1 aliphatic heterocycles. The Hall–Kier alpha value is -2.77. The minimum atomic E-state index is -3.32. The summed E-state index contributed by atoms with van der Waals surface area (Å²) in [6, 6.07) is 4.43. The first kappa shape index (κ1) is 20.5. The van der Waals surface area contributed by atoms with Crippen LogP contribution in [0.5, 0.6) is 0 Å². The monoisotopic (exact) mass is 439 g/mol. The summed E-state index contributed by atoms with van der Waals surface area (Å²) in [5, 5.41) is 3.96. The van der Waals surface area contributed by atoms with Crippen LogP contribution in [0, 0.1) is 0 Å². The Morgan fingerprint density at radius 3 is 2.90 bits per heavy atom. The topological polar surface area (TPSA) is 115 Å². The number of hydrogen-bond acceptors (Lipinski definition) is 8. The van der Waals surface area contributed by atoms with Crippen molar-refractivity contribution in [1.82, 2.24) is 29.3 Å². The lowest BCUT2D eigenvalue weighted by atomic mass is 10.2. The van der Waals surface area contributed by atoms with Gasteiger partial charge >= 0.3 is 0 Å². The fraction of sp³-hybridized carbons (Fsp3) is 0.412. The lowest BCUT2D eigenvalue weighted by Gasteiger charge is -2.33. The Balaban J connectivity index is 1.59. The zero-order valence-corrected chi connectivity index (χ0v) is 16.8. The number of ether oxygens (including phenoxy) is 1. The highest BCUT2D eigenvalue weighted by atomic mass is 32.2. The van der Waals surface area contributed by atoms with Gasteiger partial charge in [-0.15, -0.1) is 0 Å². The van der Waals surface area contributed by atoms with E-state index in [9.17, 15) is 17.2 Å². The van der Waals surface area contributed by atoms with Crippen molar-refractivity contribution in [3.8, 4) is 11.4 Å². The molecule has 10 nitrogen and oxygen atoms in total. The highest BCUT2D eigenvalue weighted by Crippen LogP contribution is 2.24. The van der Waals surface area contributed by atoms with Gasteiger partial charge in [-0.1, -0.05) is 0 Å². The lowest BCUT2D eigenvalue weighted by molar-refractivity contribution is 0.0440. The van der Waals surface area contributed by atoms with E-state index in [1.54, 1.807) is 6.07 Å². The van der Waals surface area contributed by atoms with Gasteiger partial charge in [-0.2, -0.15) is 5.10 Å². The zero-order chi connectivity index (χ0) is 21.3. The number of aromatic nitrogens is 5. The molecule has 0 spiro atoms. The Kier molecular flexibility index (Phi) is 5.58. The Labute approximate surface area is 171 Å². The molecule has 0 radical (unpaired) electrons. The van der Waals surface area contributed by atoms with Crippen LogP contribution in [0.1, 0.15) is 12.1 Å². The van der Waals surface area contributed by atoms with Crippen LogP contribution in [0.2, 0.25) is 0 Å². The standard InChI is InChI=1S/C17H19F2N7O3S/c1-30(27,28)23-7-11-9-25(4-5-29-11)16-6-13(21-10-22-16)14-8-20-15-3-2-12(17(18)19)24-26(14)15/h2-3,6,8,10-11,17,23H,4-5,7,9H2,1H3/t11-/m1/s1. The molecule has 1 N–H and O–H groups in total. The third kappa shape index (κ3) is 4.52. The van der Waals surface area contributed by atoms with Crippen molar-refractivity contribution < 1.29 is 21.9 Å². The molecule has 30 heavy (non-hydrogen) atoms. The van der Waals surface area contributed by atoms with Crippen molar-refractivity contribution in [2.75, 3.05) is 37.4 Å². The van der Waals surface area contributed by atoms with E-state index in [4.69, 9.17) is 4.74 Å². The normalized spacial score (nSPS) is 17.7. The van der Waals surface area contributed by atoms with Crippen LogP contribution >= 0.6 is 0 Å². The lowest BCUT2D eigenvalue weighted by Crippen LogP contribution is -2.47. The number of sulfonamides is 1. The number of rotatable bonds is 6. The summed E-state index contributed by atoms with van der Waals surface area (Å²) in [6.45, 7) is 1.55. The van der Waals surface area contributed by atoms with E-state index >= 15 is 0 Å². The minimum absolute atomic E-state index is 0.154. The number of alkyl halides is 2. The number of fused-ring (bicyclic) bond motifs is 1. The largest absolute Gasteiger partial charge is 0.373 e. The molecule has 1 fully saturated rings. The van der Waals surface area contributed by atoms with Crippen LogP contribution in [0.3, 0.4) is 0 Å². The average molecular weight is 439 g/mol. The van der Waals surface area contributed by atoms with E-state index in [-0.39, 0.29) is 18.3 Å². The van der Waals surface area contributed by atoms with E-state index < -0.39 is 16.4 Å². The van der Waals surface area contributed by atoms with Crippen molar-refractivity contribution in [3.05, 3.63) is 36.4 Å². The summed E-state index contributed by atoms with van der Waals surface area (Å²) in [5.41, 5.74) is 1.00. The van der Waals surface area contributed by atoms with Gasteiger partial charge in [-0.3, -0.25) is 0 Å². The number of nitrogens with zero attached hydrogens (tertiary/aromatic N) is 6. The molecule has 4 heterocycles. The van der Waals surface area contributed by atoms with E-state index in [2.05, 4.69) is 24.8 Å². The first-order chi connectivity index (χ1) is 14.3. The zero-order valence-electron chi connectivity index (χ0n) is 15.9. The Morgan fingerprint density at radius 2 is 2.13 bits per heavy atom. The molecule has 160 valence electrons. The molecule has 0 saturated carbocycles. The smallest absolute Gasteiger partial charge is 0.282 e. The highest BCUT2D eigenvalue weighted by molar-refractivity contribution is 7.88. The van der Waals surface area contributed by atoms with Crippen LogP contribution in [-0.2, 0) is 14.8 Å². The molecular formula is C17H19F2N7O3S. The molecule has 3 aromatic rings. The molecule has 0 aromatic carbocycles. The van der Waals surface area contributed by atoms with Crippen LogP contribution in [0.15, 0.2) is 30.7 Å². The summed E-state index contributed by atoms with van der Waals surface area (Å²) < 4.78 is 58.1. The van der Waals surface area contributed by atoms with Gasteiger partial charge in [-0.05, 0) is 12.1 Å². The Morgan fingerprint density at radius 1 is 1.30 bits per heavy atom. The molecule has 3 aromatic heterocycles. The molecule has 1 saturated heterocycles. The summed E-state index contributed by atoms with van der Waals surface area (Å²) >= 11 is 0. The van der Waals surface area contributed by atoms with Crippen molar-refractivity contribution >= 4 is 21.5 Å².